The number of nitrogens with one attached hydrogen (secondary N) is 1. The molecule has 5 heteroatoms. The van der Waals surface area contributed by atoms with Gasteiger partial charge in [-0.25, -0.2) is 0 Å². The minimum Gasteiger partial charge on any atom is -0.493 e. The van der Waals surface area contributed by atoms with Gasteiger partial charge in [-0.15, -0.1) is 11.8 Å². The first kappa shape index (κ1) is 20.2. The van der Waals surface area contributed by atoms with Crippen molar-refractivity contribution < 1.29 is 14.3 Å². The molecule has 0 aliphatic carbocycles. The van der Waals surface area contributed by atoms with Crippen LogP contribution in [0.1, 0.15) is 25.8 Å². The van der Waals surface area contributed by atoms with E-state index >= 15 is 0 Å². The van der Waals surface area contributed by atoms with Crippen LogP contribution >= 0.6 is 11.8 Å². The van der Waals surface area contributed by atoms with E-state index in [1.807, 2.05) is 43.3 Å². The number of rotatable bonds is 9. The van der Waals surface area contributed by atoms with E-state index in [9.17, 15) is 4.79 Å². The fourth-order valence-corrected chi connectivity index (χ4v) is 3.51. The van der Waals surface area contributed by atoms with Crippen LogP contribution in [0.2, 0.25) is 0 Å². The molecule has 2 atom stereocenters. The summed E-state index contributed by atoms with van der Waals surface area (Å²) in [4.78, 5) is 13.4. The number of ether oxygens (including phenoxy) is 2. The van der Waals surface area contributed by atoms with Gasteiger partial charge in [-0.05, 0) is 50.5 Å². The zero-order chi connectivity index (χ0) is 18.9. The Bertz CT molecular complexity index is 706. The molecule has 2 rings (SSSR count). The summed E-state index contributed by atoms with van der Waals surface area (Å²) in [6, 6.07) is 16.2. The van der Waals surface area contributed by atoms with Crippen molar-refractivity contribution in [2.24, 2.45) is 0 Å². The number of hydrogen-bond acceptors (Lipinski definition) is 4. The topological polar surface area (TPSA) is 47.6 Å². The fraction of sp³-hybridized carbons (Fsp3) is 0.381. The maximum atomic E-state index is 12.5. The van der Waals surface area contributed by atoms with E-state index in [2.05, 4.69) is 24.4 Å². The van der Waals surface area contributed by atoms with E-state index in [-0.39, 0.29) is 17.2 Å². The van der Waals surface area contributed by atoms with Gasteiger partial charge in [-0.2, -0.15) is 0 Å². The van der Waals surface area contributed by atoms with E-state index in [4.69, 9.17) is 9.47 Å². The Morgan fingerprint density at radius 1 is 1.04 bits per heavy atom. The lowest BCUT2D eigenvalue weighted by Gasteiger charge is -2.18. The number of carbonyl (C=O) groups is 1. The molecular weight excluding hydrogens is 346 g/mol. The summed E-state index contributed by atoms with van der Waals surface area (Å²) in [7, 11) is 3.22. The predicted octanol–water partition coefficient (Wildman–Crippen LogP) is 4.32. The second kappa shape index (κ2) is 10.1. The average molecular weight is 374 g/mol. The number of aryl methyl sites for hydroxylation is 1. The highest BCUT2D eigenvalue weighted by Gasteiger charge is 2.17. The van der Waals surface area contributed by atoms with Crippen molar-refractivity contribution in [3.63, 3.8) is 0 Å². The third-order valence-corrected chi connectivity index (χ3v) is 5.23. The molecule has 26 heavy (non-hydrogen) atoms. The summed E-state index contributed by atoms with van der Waals surface area (Å²) in [5.74, 6) is 1.40. The van der Waals surface area contributed by atoms with Crippen molar-refractivity contribution in [1.29, 1.82) is 0 Å². The van der Waals surface area contributed by atoms with Crippen LogP contribution in [0.5, 0.6) is 11.5 Å². The second-order valence-corrected chi connectivity index (χ2v) is 7.62. The minimum atomic E-state index is -0.188. The van der Waals surface area contributed by atoms with Gasteiger partial charge in [0.1, 0.15) is 0 Å². The molecule has 0 heterocycles. The van der Waals surface area contributed by atoms with Crippen molar-refractivity contribution >= 4 is 17.7 Å². The van der Waals surface area contributed by atoms with Crippen LogP contribution in [0.15, 0.2) is 53.4 Å². The van der Waals surface area contributed by atoms with Crippen molar-refractivity contribution in [3.05, 3.63) is 54.1 Å². The van der Waals surface area contributed by atoms with E-state index in [1.165, 1.54) is 17.3 Å². The number of benzene rings is 2. The molecule has 2 aromatic rings. The minimum absolute atomic E-state index is 0.0466. The molecule has 0 saturated carbocycles. The van der Waals surface area contributed by atoms with Gasteiger partial charge in [0.15, 0.2) is 11.5 Å². The summed E-state index contributed by atoms with van der Waals surface area (Å²) in [6.45, 7) is 3.97. The molecule has 0 fully saturated rings. The van der Waals surface area contributed by atoms with E-state index < -0.39 is 0 Å². The Morgan fingerprint density at radius 3 is 2.38 bits per heavy atom. The first-order valence-corrected chi connectivity index (χ1v) is 9.64. The zero-order valence-electron chi connectivity index (χ0n) is 15.8. The molecule has 0 radical (unpaired) electrons. The van der Waals surface area contributed by atoms with Gasteiger partial charge >= 0.3 is 0 Å². The highest BCUT2D eigenvalue weighted by atomic mass is 32.2. The molecule has 2 unspecified atom stereocenters. The average Bonchev–Trinajstić information content (AvgIpc) is 2.67. The number of thioether (sulfide) groups is 1. The Hall–Kier alpha value is -2.14. The lowest BCUT2D eigenvalue weighted by atomic mass is 10.1. The Kier molecular flexibility index (Phi) is 7.85. The van der Waals surface area contributed by atoms with Crippen molar-refractivity contribution in [1.82, 2.24) is 5.32 Å². The van der Waals surface area contributed by atoms with E-state index in [0.29, 0.717) is 11.5 Å². The second-order valence-electron chi connectivity index (χ2n) is 6.21. The summed E-state index contributed by atoms with van der Waals surface area (Å²) in [6.07, 6.45) is 1.88. The van der Waals surface area contributed by atoms with Gasteiger partial charge in [-0.3, -0.25) is 4.79 Å². The van der Waals surface area contributed by atoms with Gasteiger partial charge in [-0.1, -0.05) is 30.3 Å². The van der Waals surface area contributed by atoms with Crippen molar-refractivity contribution in [2.75, 3.05) is 14.2 Å². The number of hydrogen-bond donors (Lipinski definition) is 1. The molecule has 140 valence electrons. The predicted molar refractivity (Wildman–Crippen MR) is 107 cm³/mol. The third kappa shape index (κ3) is 5.99. The van der Waals surface area contributed by atoms with Crippen molar-refractivity contribution in [3.8, 4) is 11.5 Å². The first-order chi connectivity index (χ1) is 12.5. The summed E-state index contributed by atoms with van der Waals surface area (Å²) in [5.41, 5.74) is 1.29. The molecule has 4 nitrogen and oxygen atoms in total. The molecule has 1 amide bonds. The van der Waals surface area contributed by atoms with Gasteiger partial charge < -0.3 is 14.8 Å². The molecule has 0 bridgehead atoms. The van der Waals surface area contributed by atoms with Crippen LogP contribution < -0.4 is 14.8 Å². The summed E-state index contributed by atoms with van der Waals surface area (Å²) in [5, 5.41) is 2.92. The summed E-state index contributed by atoms with van der Waals surface area (Å²) < 4.78 is 10.6. The van der Waals surface area contributed by atoms with Crippen LogP contribution in [0.3, 0.4) is 0 Å². The molecule has 0 aromatic heterocycles. The highest BCUT2D eigenvalue weighted by molar-refractivity contribution is 8.00. The third-order valence-electron chi connectivity index (χ3n) is 4.13. The molecule has 1 N–H and O–H groups in total. The largest absolute Gasteiger partial charge is 0.493 e. The molecule has 2 aromatic carbocycles. The normalized spacial score (nSPS) is 12.9. The van der Waals surface area contributed by atoms with Crippen LogP contribution in [-0.4, -0.2) is 31.4 Å². The lowest BCUT2D eigenvalue weighted by Crippen LogP contribution is -2.37. The smallest absolute Gasteiger partial charge is 0.233 e. The highest BCUT2D eigenvalue weighted by Crippen LogP contribution is 2.33. The monoisotopic (exact) mass is 373 g/mol. The van der Waals surface area contributed by atoms with E-state index in [1.54, 1.807) is 14.2 Å². The lowest BCUT2D eigenvalue weighted by molar-refractivity contribution is -0.120. The standard InChI is InChI=1S/C21H27NO3S/c1-15(10-11-17-8-6-5-7-9-17)22-21(23)16(2)26-18-12-13-19(24-3)20(14-18)25-4/h5-9,12-16H,10-11H2,1-4H3,(H,22,23). The SMILES string of the molecule is COc1ccc(SC(C)C(=O)NC(C)CCc2ccccc2)cc1OC. The Labute approximate surface area is 160 Å². The molecule has 0 aliphatic heterocycles. The molecular formula is C21H27NO3S. The number of methoxy groups -OCH3 is 2. The number of amides is 1. The Morgan fingerprint density at radius 2 is 1.73 bits per heavy atom. The molecule has 0 saturated heterocycles. The van der Waals surface area contributed by atoms with Crippen LogP contribution in [0.25, 0.3) is 0 Å². The maximum absolute atomic E-state index is 12.5. The van der Waals surface area contributed by atoms with Crippen LogP contribution in [0, 0.1) is 0 Å². The first-order valence-electron chi connectivity index (χ1n) is 8.76. The van der Waals surface area contributed by atoms with Crippen LogP contribution in [0.4, 0.5) is 0 Å². The molecule has 0 aliphatic rings. The number of carbonyl (C=O) groups excluding carboxylic acids is 1. The van der Waals surface area contributed by atoms with Gasteiger partial charge in [0.25, 0.3) is 0 Å². The molecule has 0 spiro atoms. The van der Waals surface area contributed by atoms with Gasteiger partial charge in [0.05, 0.1) is 19.5 Å². The quantitative estimate of drug-likeness (QED) is 0.665. The van der Waals surface area contributed by atoms with E-state index in [0.717, 1.165) is 17.7 Å². The zero-order valence-corrected chi connectivity index (χ0v) is 16.6. The van der Waals surface area contributed by atoms with Crippen LogP contribution in [-0.2, 0) is 11.2 Å². The Balaban J connectivity index is 1.85. The summed E-state index contributed by atoms with van der Waals surface area (Å²) >= 11 is 1.51. The van der Waals surface area contributed by atoms with Gasteiger partial charge in [0, 0.05) is 10.9 Å². The van der Waals surface area contributed by atoms with Crippen molar-refractivity contribution in [2.45, 2.75) is 42.9 Å². The fourth-order valence-electron chi connectivity index (χ4n) is 2.61. The maximum Gasteiger partial charge on any atom is 0.233 e. The van der Waals surface area contributed by atoms with Gasteiger partial charge in [0.2, 0.25) is 5.91 Å².